The van der Waals surface area contributed by atoms with E-state index in [2.05, 4.69) is 0 Å². The van der Waals surface area contributed by atoms with Crippen molar-refractivity contribution in [3.8, 4) is 0 Å². The van der Waals surface area contributed by atoms with Crippen LogP contribution in [0.4, 0.5) is 0 Å². The standard InChI is InChI=1S/C12H22N2O2S/c1-9(2)14(6-3-11(13)17)12(15)10-4-7-16-8-5-10/h9-10H,3-8H2,1-2H3,(H2,13,17). The molecule has 1 aliphatic heterocycles. The van der Waals surface area contributed by atoms with Crippen LogP contribution in [0.15, 0.2) is 0 Å². The van der Waals surface area contributed by atoms with E-state index in [4.69, 9.17) is 22.7 Å². The summed E-state index contributed by atoms with van der Waals surface area (Å²) in [6.07, 6.45) is 2.26. The summed E-state index contributed by atoms with van der Waals surface area (Å²) in [5, 5.41) is 0. The third-order valence-electron chi connectivity index (χ3n) is 3.08. The van der Waals surface area contributed by atoms with Gasteiger partial charge in [-0.05, 0) is 26.7 Å². The first-order valence-electron chi connectivity index (χ1n) is 6.19. The van der Waals surface area contributed by atoms with Gasteiger partial charge in [0.15, 0.2) is 0 Å². The fraction of sp³-hybridized carbons (Fsp3) is 0.833. The average Bonchev–Trinajstić information content (AvgIpc) is 2.29. The Morgan fingerprint density at radius 2 is 2.06 bits per heavy atom. The maximum atomic E-state index is 12.3. The summed E-state index contributed by atoms with van der Waals surface area (Å²) in [5.41, 5.74) is 5.49. The summed E-state index contributed by atoms with van der Waals surface area (Å²) >= 11 is 4.86. The van der Waals surface area contributed by atoms with E-state index in [-0.39, 0.29) is 17.9 Å². The van der Waals surface area contributed by atoms with Crippen molar-refractivity contribution in [2.24, 2.45) is 11.7 Å². The Morgan fingerprint density at radius 1 is 1.47 bits per heavy atom. The number of amides is 1. The predicted octanol–water partition coefficient (Wildman–Crippen LogP) is 1.33. The summed E-state index contributed by atoms with van der Waals surface area (Å²) in [4.78, 5) is 14.7. The summed E-state index contributed by atoms with van der Waals surface area (Å²) in [5.74, 6) is 0.331. The molecule has 1 amide bonds. The molecule has 17 heavy (non-hydrogen) atoms. The molecule has 2 N–H and O–H groups in total. The number of nitrogens with two attached hydrogens (primary N) is 1. The fourth-order valence-corrected chi connectivity index (χ4v) is 2.12. The van der Waals surface area contributed by atoms with Crippen molar-refractivity contribution in [3.63, 3.8) is 0 Å². The molecule has 0 aromatic rings. The largest absolute Gasteiger partial charge is 0.393 e. The molecule has 0 bridgehead atoms. The Morgan fingerprint density at radius 3 is 2.53 bits per heavy atom. The van der Waals surface area contributed by atoms with Gasteiger partial charge >= 0.3 is 0 Å². The molecule has 1 fully saturated rings. The molecule has 98 valence electrons. The van der Waals surface area contributed by atoms with Gasteiger partial charge in [-0.3, -0.25) is 4.79 Å². The van der Waals surface area contributed by atoms with Crippen LogP contribution in [0.1, 0.15) is 33.1 Å². The summed E-state index contributed by atoms with van der Waals surface area (Å²) in [6, 6.07) is 0.194. The van der Waals surface area contributed by atoms with Crippen molar-refractivity contribution in [2.45, 2.75) is 39.2 Å². The smallest absolute Gasteiger partial charge is 0.226 e. The van der Waals surface area contributed by atoms with Crippen LogP contribution < -0.4 is 5.73 Å². The lowest BCUT2D eigenvalue weighted by atomic mass is 9.98. The molecule has 0 saturated carbocycles. The van der Waals surface area contributed by atoms with Gasteiger partial charge in [0, 0.05) is 38.1 Å². The Bertz CT molecular complexity index is 276. The number of rotatable bonds is 5. The minimum atomic E-state index is 0.109. The molecule has 0 radical (unpaired) electrons. The lowest BCUT2D eigenvalue weighted by molar-refractivity contribution is -0.140. The van der Waals surface area contributed by atoms with E-state index >= 15 is 0 Å². The normalized spacial score (nSPS) is 17.1. The second-order valence-corrected chi connectivity index (χ2v) is 5.25. The van der Waals surface area contributed by atoms with E-state index in [1.807, 2.05) is 18.7 Å². The van der Waals surface area contributed by atoms with Crippen LogP contribution in [0.3, 0.4) is 0 Å². The van der Waals surface area contributed by atoms with E-state index in [0.29, 0.717) is 31.2 Å². The highest BCUT2D eigenvalue weighted by molar-refractivity contribution is 7.80. The van der Waals surface area contributed by atoms with Crippen LogP contribution >= 0.6 is 12.2 Å². The van der Waals surface area contributed by atoms with Crippen molar-refractivity contribution in [1.29, 1.82) is 0 Å². The molecule has 0 spiro atoms. The minimum absolute atomic E-state index is 0.109. The van der Waals surface area contributed by atoms with Gasteiger partial charge in [0.25, 0.3) is 0 Å². The molecule has 0 atom stereocenters. The Labute approximate surface area is 108 Å². The fourth-order valence-electron chi connectivity index (χ4n) is 2.03. The number of hydrogen-bond donors (Lipinski definition) is 1. The Kier molecular flexibility index (Phi) is 5.85. The molecule has 0 aromatic heterocycles. The van der Waals surface area contributed by atoms with Gasteiger partial charge in [-0.25, -0.2) is 0 Å². The second-order valence-electron chi connectivity index (χ2n) is 4.73. The van der Waals surface area contributed by atoms with Crippen molar-refractivity contribution >= 4 is 23.1 Å². The number of nitrogens with zero attached hydrogens (tertiary/aromatic N) is 1. The first kappa shape index (κ1) is 14.4. The molecule has 5 heteroatoms. The maximum Gasteiger partial charge on any atom is 0.226 e. The summed E-state index contributed by atoms with van der Waals surface area (Å²) < 4.78 is 5.28. The molecule has 4 nitrogen and oxygen atoms in total. The number of thiocarbonyl (C=S) groups is 1. The quantitative estimate of drug-likeness (QED) is 0.756. The number of hydrogen-bond acceptors (Lipinski definition) is 3. The van der Waals surface area contributed by atoms with Crippen molar-refractivity contribution in [3.05, 3.63) is 0 Å². The maximum absolute atomic E-state index is 12.3. The predicted molar refractivity (Wildman–Crippen MR) is 71.8 cm³/mol. The zero-order valence-electron chi connectivity index (χ0n) is 10.6. The first-order chi connectivity index (χ1) is 8.02. The van der Waals surface area contributed by atoms with Crippen molar-refractivity contribution < 1.29 is 9.53 Å². The van der Waals surface area contributed by atoms with Gasteiger partial charge in [0.05, 0.1) is 4.99 Å². The van der Waals surface area contributed by atoms with Crippen molar-refractivity contribution in [1.82, 2.24) is 4.90 Å². The number of ether oxygens (including phenoxy) is 1. The van der Waals surface area contributed by atoms with E-state index in [9.17, 15) is 4.79 Å². The van der Waals surface area contributed by atoms with Gasteiger partial charge < -0.3 is 15.4 Å². The molecule has 1 aliphatic rings. The Balaban J connectivity index is 2.55. The van der Waals surface area contributed by atoms with E-state index in [1.165, 1.54) is 0 Å². The first-order valence-corrected chi connectivity index (χ1v) is 6.59. The SMILES string of the molecule is CC(C)N(CCC(N)=S)C(=O)C1CCOCC1. The van der Waals surface area contributed by atoms with Crippen LogP contribution in [0.2, 0.25) is 0 Å². The lowest BCUT2D eigenvalue weighted by Gasteiger charge is -2.32. The van der Waals surface area contributed by atoms with Gasteiger partial charge in [-0.2, -0.15) is 0 Å². The third kappa shape index (κ3) is 4.60. The average molecular weight is 258 g/mol. The second kappa shape index (κ2) is 6.91. The molecule has 1 saturated heterocycles. The van der Waals surface area contributed by atoms with Gasteiger partial charge in [-0.1, -0.05) is 12.2 Å². The van der Waals surface area contributed by atoms with Crippen molar-refractivity contribution in [2.75, 3.05) is 19.8 Å². The molecule has 1 heterocycles. The monoisotopic (exact) mass is 258 g/mol. The van der Waals surface area contributed by atoms with E-state index in [1.54, 1.807) is 0 Å². The molecule has 0 unspecified atom stereocenters. The van der Waals surface area contributed by atoms with Crippen LogP contribution in [-0.2, 0) is 9.53 Å². The highest BCUT2D eigenvalue weighted by Crippen LogP contribution is 2.19. The zero-order valence-corrected chi connectivity index (χ0v) is 11.5. The van der Waals surface area contributed by atoms with Crippen LogP contribution in [0.5, 0.6) is 0 Å². The van der Waals surface area contributed by atoms with E-state index < -0.39 is 0 Å². The zero-order chi connectivity index (χ0) is 12.8. The van der Waals surface area contributed by atoms with Crippen LogP contribution in [0.25, 0.3) is 0 Å². The topological polar surface area (TPSA) is 55.6 Å². The lowest BCUT2D eigenvalue weighted by Crippen LogP contribution is -2.43. The van der Waals surface area contributed by atoms with Crippen LogP contribution in [-0.4, -0.2) is 41.6 Å². The molecule has 1 rings (SSSR count). The number of carbonyl (C=O) groups excluding carboxylic acids is 1. The van der Waals surface area contributed by atoms with E-state index in [0.717, 1.165) is 12.8 Å². The Hall–Kier alpha value is -0.680. The third-order valence-corrected chi connectivity index (χ3v) is 3.28. The van der Waals surface area contributed by atoms with Crippen LogP contribution in [0, 0.1) is 5.92 Å². The van der Waals surface area contributed by atoms with Gasteiger partial charge in [0.1, 0.15) is 0 Å². The molecular weight excluding hydrogens is 236 g/mol. The van der Waals surface area contributed by atoms with Gasteiger partial charge in [-0.15, -0.1) is 0 Å². The highest BCUT2D eigenvalue weighted by atomic mass is 32.1. The minimum Gasteiger partial charge on any atom is -0.393 e. The van der Waals surface area contributed by atoms with Gasteiger partial charge in [0.2, 0.25) is 5.91 Å². The molecule has 0 aliphatic carbocycles. The number of carbonyl (C=O) groups is 1. The summed E-state index contributed by atoms with van der Waals surface area (Å²) in [7, 11) is 0. The molecule has 0 aromatic carbocycles. The summed E-state index contributed by atoms with van der Waals surface area (Å²) in [6.45, 7) is 6.06. The molecular formula is C12H22N2O2S. The highest BCUT2D eigenvalue weighted by Gasteiger charge is 2.27.